The first-order chi connectivity index (χ1) is 16.8. The van der Waals surface area contributed by atoms with Crippen LogP contribution in [0.1, 0.15) is 45.4 Å². The topological polar surface area (TPSA) is 110 Å². The molecule has 1 aromatic carbocycles. The van der Waals surface area contributed by atoms with Gasteiger partial charge in [0.2, 0.25) is 0 Å². The molecule has 3 rings (SSSR count). The van der Waals surface area contributed by atoms with Gasteiger partial charge in [0, 0.05) is 32.0 Å². The van der Waals surface area contributed by atoms with Gasteiger partial charge < -0.3 is 19.7 Å². The second kappa shape index (κ2) is 12.8. The van der Waals surface area contributed by atoms with Gasteiger partial charge in [-0.1, -0.05) is 42.0 Å². The van der Waals surface area contributed by atoms with E-state index in [1.54, 1.807) is 36.4 Å². The van der Waals surface area contributed by atoms with Crippen molar-refractivity contribution in [2.75, 3.05) is 20.3 Å². The summed E-state index contributed by atoms with van der Waals surface area (Å²) in [6, 6.07) is 8.43. The van der Waals surface area contributed by atoms with Crippen LogP contribution in [0.2, 0.25) is 0 Å². The Balaban J connectivity index is 1.76. The van der Waals surface area contributed by atoms with Gasteiger partial charge in [-0.2, -0.15) is 0 Å². The third-order valence-electron chi connectivity index (χ3n) is 7.15. The molecule has 2 aliphatic rings. The van der Waals surface area contributed by atoms with Crippen LogP contribution in [0.15, 0.2) is 59.0 Å². The number of aliphatic hydroxyl groups excluding tert-OH is 2. The van der Waals surface area contributed by atoms with Crippen molar-refractivity contribution >= 4 is 15.8 Å². The average molecular weight is 507 g/mol. The summed E-state index contributed by atoms with van der Waals surface area (Å²) in [5.41, 5.74) is 0.857. The third kappa shape index (κ3) is 7.03. The number of aliphatic hydroxyl groups is 2. The Bertz CT molecular complexity index is 986. The van der Waals surface area contributed by atoms with Crippen molar-refractivity contribution in [2.45, 2.75) is 67.8 Å². The van der Waals surface area contributed by atoms with Crippen molar-refractivity contribution in [3.05, 3.63) is 54.1 Å². The first-order valence-electron chi connectivity index (χ1n) is 12.5. The number of hydrogen-bond donors (Lipinski definition) is 2. The van der Waals surface area contributed by atoms with Gasteiger partial charge >= 0.3 is 5.97 Å². The molecular weight excluding hydrogens is 468 g/mol. The fraction of sp³-hybridized carbons (Fsp3) is 0.593. The maximum atomic E-state index is 13.6. The second-order valence-corrected chi connectivity index (χ2v) is 11.5. The summed E-state index contributed by atoms with van der Waals surface area (Å²) < 4.78 is 37.2. The number of methoxy groups -OCH3 is 1. The molecule has 35 heavy (non-hydrogen) atoms. The Morgan fingerprint density at radius 2 is 1.97 bits per heavy atom. The van der Waals surface area contributed by atoms with Crippen molar-refractivity contribution in [1.29, 1.82) is 0 Å². The van der Waals surface area contributed by atoms with Crippen molar-refractivity contribution in [3.8, 4) is 0 Å². The summed E-state index contributed by atoms with van der Waals surface area (Å²) >= 11 is 0. The van der Waals surface area contributed by atoms with Gasteiger partial charge in [-0.05, 0) is 56.6 Å². The second-order valence-electron chi connectivity index (χ2n) is 9.41. The molecule has 0 saturated heterocycles. The number of carbonyl (C=O) groups excluding carboxylic acids is 1. The van der Waals surface area contributed by atoms with Gasteiger partial charge in [0.25, 0.3) is 0 Å². The molecule has 0 aromatic heterocycles. The van der Waals surface area contributed by atoms with Crippen LogP contribution in [-0.4, -0.2) is 62.4 Å². The molecule has 0 radical (unpaired) electrons. The van der Waals surface area contributed by atoms with E-state index in [1.165, 1.54) is 7.11 Å². The zero-order chi connectivity index (χ0) is 25.4. The van der Waals surface area contributed by atoms with Crippen molar-refractivity contribution in [2.24, 2.45) is 17.8 Å². The minimum Gasteiger partial charge on any atom is -0.469 e. The highest BCUT2D eigenvalue weighted by Crippen LogP contribution is 2.49. The fourth-order valence-corrected chi connectivity index (χ4v) is 7.25. The molecule has 1 saturated carbocycles. The highest BCUT2D eigenvalue weighted by molar-refractivity contribution is 7.92. The normalized spacial score (nSPS) is 25.9. The van der Waals surface area contributed by atoms with Gasteiger partial charge in [0.1, 0.15) is 0 Å². The summed E-state index contributed by atoms with van der Waals surface area (Å²) in [4.78, 5) is 11.9. The summed E-state index contributed by atoms with van der Waals surface area (Å²) in [7, 11) is -2.32. The molecule has 1 aromatic rings. The van der Waals surface area contributed by atoms with Crippen LogP contribution in [0, 0.1) is 17.8 Å². The monoisotopic (exact) mass is 506 g/mol. The number of carbonyl (C=O) groups is 1. The van der Waals surface area contributed by atoms with E-state index in [1.807, 2.05) is 19.1 Å². The molecular formula is C27H38O7S. The maximum Gasteiger partial charge on any atom is 0.305 e. The lowest BCUT2D eigenvalue weighted by atomic mass is 9.88. The largest absolute Gasteiger partial charge is 0.469 e. The third-order valence-corrected chi connectivity index (χ3v) is 9.37. The lowest BCUT2D eigenvalue weighted by Gasteiger charge is -2.23. The number of esters is 1. The van der Waals surface area contributed by atoms with E-state index < -0.39 is 27.3 Å². The molecule has 0 spiro atoms. The Morgan fingerprint density at radius 1 is 1.23 bits per heavy atom. The van der Waals surface area contributed by atoms with E-state index in [0.29, 0.717) is 45.3 Å². The summed E-state index contributed by atoms with van der Waals surface area (Å²) in [6.07, 6.45) is 7.01. The van der Waals surface area contributed by atoms with Gasteiger partial charge in [0.15, 0.2) is 9.84 Å². The predicted octanol–water partition coefficient (Wildman–Crippen LogP) is 3.46. The molecule has 0 aliphatic heterocycles. The van der Waals surface area contributed by atoms with Crippen LogP contribution in [0.4, 0.5) is 0 Å². The number of rotatable bonds is 13. The quantitative estimate of drug-likeness (QED) is 0.239. The lowest BCUT2D eigenvalue weighted by molar-refractivity contribution is -0.140. The zero-order valence-corrected chi connectivity index (χ0v) is 21.4. The zero-order valence-electron chi connectivity index (χ0n) is 20.6. The Morgan fingerprint density at radius 3 is 2.66 bits per heavy atom. The molecule has 0 amide bonds. The molecule has 6 atom stereocenters. The number of fused-ring (bicyclic) bond motifs is 1. The Hall–Kier alpha value is -2.00. The summed E-state index contributed by atoms with van der Waals surface area (Å²) in [5, 5.41) is 20.2. The van der Waals surface area contributed by atoms with E-state index in [-0.39, 0.29) is 35.0 Å². The van der Waals surface area contributed by atoms with E-state index >= 15 is 0 Å². The molecule has 0 bridgehead atoms. The number of allylic oxidation sites excluding steroid dienone is 1. The maximum absolute atomic E-state index is 13.6. The first-order valence-corrected chi connectivity index (χ1v) is 14.0. The van der Waals surface area contributed by atoms with Gasteiger partial charge in [-0.25, -0.2) is 8.42 Å². The van der Waals surface area contributed by atoms with E-state index in [2.05, 4.69) is 0 Å². The summed E-state index contributed by atoms with van der Waals surface area (Å²) in [5.74, 6) is -0.325. The van der Waals surface area contributed by atoms with Gasteiger partial charge in [-0.3, -0.25) is 4.79 Å². The molecule has 2 N–H and O–H groups in total. The first kappa shape index (κ1) is 27.6. The smallest absolute Gasteiger partial charge is 0.305 e. The van der Waals surface area contributed by atoms with E-state index in [4.69, 9.17) is 9.47 Å². The van der Waals surface area contributed by atoms with Crippen LogP contribution in [0.3, 0.4) is 0 Å². The number of benzene rings is 1. The average Bonchev–Trinajstić information content (AvgIpc) is 3.37. The fourth-order valence-electron chi connectivity index (χ4n) is 5.33. The minimum absolute atomic E-state index is 0.0873. The molecule has 2 aliphatic carbocycles. The molecule has 194 valence electrons. The van der Waals surface area contributed by atoms with Gasteiger partial charge in [0.05, 0.1) is 29.5 Å². The van der Waals surface area contributed by atoms with Crippen LogP contribution < -0.4 is 0 Å². The minimum atomic E-state index is -3.64. The number of sulfone groups is 1. The number of hydrogen-bond acceptors (Lipinski definition) is 7. The predicted molar refractivity (Wildman–Crippen MR) is 133 cm³/mol. The SMILES string of the molecule is CCOCC[C@H](O)/C=C/[C@H]1[C@H]2CC(C(CCCC(=O)OC)S(=O)(=O)c3ccccc3)=C[C@H]2C[C@H]1O. The van der Waals surface area contributed by atoms with Crippen LogP contribution in [0.25, 0.3) is 0 Å². The Kier molecular flexibility index (Phi) is 10.1. The Labute approximate surface area is 208 Å². The van der Waals surface area contributed by atoms with Crippen LogP contribution in [0.5, 0.6) is 0 Å². The van der Waals surface area contributed by atoms with Crippen LogP contribution in [-0.2, 0) is 24.1 Å². The van der Waals surface area contributed by atoms with Crippen molar-refractivity contribution in [1.82, 2.24) is 0 Å². The lowest BCUT2D eigenvalue weighted by Crippen LogP contribution is -2.25. The van der Waals surface area contributed by atoms with Crippen LogP contribution >= 0.6 is 0 Å². The van der Waals surface area contributed by atoms with E-state index in [0.717, 1.165) is 5.57 Å². The number of ether oxygens (including phenoxy) is 2. The van der Waals surface area contributed by atoms with E-state index in [9.17, 15) is 23.4 Å². The highest BCUT2D eigenvalue weighted by atomic mass is 32.2. The van der Waals surface area contributed by atoms with Crippen molar-refractivity contribution < 1.29 is 32.9 Å². The molecule has 0 heterocycles. The van der Waals surface area contributed by atoms with Gasteiger partial charge in [-0.15, -0.1) is 0 Å². The molecule has 7 nitrogen and oxygen atoms in total. The van der Waals surface area contributed by atoms with Crippen molar-refractivity contribution in [3.63, 3.8) is 0 Å². The molecule has 8 heteroatoms. The molecule has 1 fully saturated rings. The molecule has 1 unspecified atom stereocenters. The highest BCUT2D eigenvalue weighted by Gasteiger charge is 2.46. The standard InChI is InChI=1S/C27H38O7S/c1-3-34-15-14-21(28)12-13-23-24-17-20(16-19(24)18-25(23)29)26(10-7-11-27(30)33-2)35(31,32)22-8-5-4-6-9-22/h4-6,8-9,12-13,16,19,21,23-26,28-29H,3,7,10-11,14-15,17-18H2,1-2H3/b13-12+/t19-,21+,23-,24-,25+,26?/m0/s1. The summed E-state index contributed by atoms with van der Waals surface area (Å²) in [6.45, 7) is 2.98.